The predicted octanol–water partition coefficient (Wildman–Crippen LogP) is 14.4. The molecule has 4 heterocycles. The SMILES string of the molecule is c1ccc(-c2nc(-c3cccc(-c4nn5c(-c6ccccc6)cc6ccccc6c5c4-c4ccccc4)c3)cc(-c3cccc4c3c3ccccc3n4-c3ccccc3)n2)cc1. The Morgan fingerprint density at radius 2 is 0.968 bits per heavy atom. The molecular weight excluding hydrogens is 755 g/mol. The lowest BCUT2D eigenvalue weighted by molar-refractivity contribution is 0.979. The molecule has 0 bridgehead atoms. The summed E-state index contributed by atoms with van der Waals surface area (Å²) in [5.41, 5.74) is 15.4. The van der Waals surface area contributed by atoms with Gasteiger partial charge in [-0.25, -0.2) is 14.5 Å². The second-order valence-corrected chi connectivity index (χ2v) is 15.6. The van der Waals surface area contributed by atoms with Gasteiger partial charge in [0.1, 0.15) is 5.69 Å². The summed E-state index contributed by atoms with van der Waals surface area (Å²) in [6.07, 6.45) is 0. The van der Waals surface area contributed by atoms with Crippen LogP contribution in [0.4, 0.5) is 0 Å². The van der Waals surface area contributed by atoms with E-state index in [4.69, 9.17) is 15.1 Å². The molecule has 12 aromatic rings. The van der Waals surface area contributed by atoms with Crippen molar-refractivity contribution in [1.82, 2.24) is 24.1 Å². The molecule has 0 atom stereocenters. The van der Waals surface area contributed by atoms with Crippen LogP contribution < -0.4 is 0 Å². The van der Waals surface area contributed by atoms with Crippen molar-refractivity contribution in [2.24, 2.45) is 0 Å². The van der Waals surface area contributed by atoms with E-state index >= 15 is 0 Å². The number of pyridine rings is 1. The van der Waals surface area contributed by atoms with E-state index in [0.29, 0.717) is 5.82 Å². The summed E-state index contributed by atoms with van der Waals surface area (Å²) >= 11 is 0. The molecule has 4 aromatic heterocycles. The van der Waals surface area contributed by atoms with Crippen molar-refractivity contribution >= 4 is 38.1 Å². The molecule has 0 fully saturated rings. The molecular formula is C57H37N5. The number of fused-ring (bicyclic) bond motifs is 6. The van der Waals surface area contributed by atoms with Crippen molar-refractivity contribution in [3.05, 3.63) is 224 Å². The number of rotatable bonds is 7. The molecule has 5 nitrogen and oxygen atoms in total. The summed E-state index contributed by atoms with van der Waals surface area (Å²) in [7, 11) is 0. The monoisotopic (exact) mass is 791 g/mol. The number of hydrogen-bond donors (Lipinski definition) is 0. The van der Waals surface area contributed by atoms with Gasteiger partial charge in [-0.1, -0.05) is 182 Å². The molecule has 0 aliphatic rings. The highest BCUT2D eigenvalue weighted by Gasteiger charge is 2.23. The molecule has 0 spiro atoms. The van der Waals surface area contributed by atoms with Gasteiger partial charge in [-0.3, -0.25) is 0 Å². The number of benzene rings is 8. The molecule has 0 saturated carbocycles. The molecule has 0 aliphatic heterocycles. The molecule has 0 saturated heterocycles. The van der Waals surface area contributed by atoms with Gasteiger partial charge in [-0.05, 0) is 53.4 Å². The van der Waals surface area contributed by atoms with Crippen molar-refractivity contribution in [2.45, 2.75) is 0 Å². The van der Waals surface area contributed by atoms with Crippen LogP contribution in [0.1, 0.15) is 0 Å². The maximum atomic E-state index is 5.52. The molecule has 0 aliphatic carbocycles. The standard InChI is InChI=1S/C57H37N5/c1-5-19-38(20-6-1)52-36-41-25-13-14-30-45(41)56-53(39-21-7-2-8-22-39)55(60-62(52)56)43-27-17-26-42(35-43)48-37-49(59-57(58-48)40-23-9-3-10-24-40)46-32-18-34-51-54(46)47-31-15-16-33-50(47)61(51)44-28-11-4-12-29-44/h1-37H. The van der Waals surface area contributed by atoms with E-state index in [2.05, 4.69) is 215 Å². The maximum absolute atomic E-state index is 5.52. The van der Waals surface area contributed by atoms with Gasteiger partial charge in [-0.2, -0.15) is 5.10 Å². The van der Waals surface area contributed by atoms with Crippen molar-refractivity contribution < 1.29 is 0 Å². The lowest BCUT2D eigenvalue weighted by atomic mass is 9.95. The summed E-state index contributed by atoms with van der Waals surface area (Å²) < 4.78 is 4.49. The van der Waals surface area contributed by atoms with E-state index in [-0.39, 0.29) is 0 Å². The van der Waals surface area contributed by atoms with Crippen LogP contribution in [0.3, 0.4) is 0 Å². The van der Waals surface area contributed by atoms with Crippen LogP contribution >= 0.6 is 0 Å². The Balaban J connectivity index is 1.10. The lowest BCUT2D eigenvalue weighted by Crippen LogP contribution is -1.97. The van der Waals surface area contributed by atoms with Crippen LogP contribution in [0.15, 0.2) is 224 Å². The van der Waals surface area contributed by atoms with E-state index in [0.717, 1.165) is 94.7 Å². The third-order valence-electron chi connectivity index (χ3n) is 11.9. The Morgan fingerprint density at radius 1 is 0.387 bits per heavy atom. The summed E-state index contributed by atoms with van der Waals surface area (Å²) in [5, 5.41) is 10.2. The van der Waals surface area contributed by atoms with Gasteiger partial charge in [0.05, 0.1) is 33.6 Å². The average Bonchev–Trinajstić information content (AvgIpc) is 3.92. The highest BCUT2D eigenvalue weighted by atomic mass is 15.2. The number of hydrogen-bond acceptors (Lipinski definition) is 3. The summed E-state index contributed by atoms with van der Waals surface area (Å²) in [5.74, 6) is 0.670. The van der Waals surface area contributed by atoms with Crippen molar-refractivity contribution in [1.29, 1.82) is 0 Å². The fourth-order valence-electron chi connectivity index (χ4n) is 9.15. The first-order valence-electron chi connectivity index (χ1n) is 21.0. The van der Waals surface area contributed by atoms with E-state index in [1.165, 1.54) is 10.8 Å². The Labute approximate surface area is 358 Å². The minimum Gasteiger partial charge on any atom is -0.309 e. The highest BCUT2D eigenvalue weighted by Crippen LogP contribution is 2.43. The van der Waals surface area contributed by atoms with Crippen LogP contribution in [0.2, 0.25) is 0 Å². The topological polar surface area (TPSA) is 48.0 Å². The largest absolute Gasteiger partial charge is 0.309 e. The fraction of sp³-hybridized carbons (Fsp3) is 0. The summed E-state index contributed by atoms with van der Waals surface area (Å²) in [6.45, 7) is 0. The van der Waals surface area contributed by atoms with Gasteiger partial charge >= 0.3 is 0 Å². The van der Waals surface area contributed by atoms with Gasteiger partial charge in [0.15, 0.2) is 5.82 Å². The average molecular weight is 792 g/mol. The number of aromatic nitrogens is 5. The van der Waals surface area contributed by atoms with Crippen LogP contribution in [0.5, 0.6) is 0 Å². The van der Waals surface area contributed by atoms with E-state index < -0.39 is 0 Å². The molecule has 0 amide bonds. The molecule has 0 radical (unpaired) electrons. The van der Waals surface area contributed by atoms with Gasteiger partial charge in [0, 0.05) is 55.2 Å². The van der Waals surface area contributed by atoms with E-state index in [1.54, 1.807) is 0 Å². The Hall–Kier alpha value is -8.41. The smallest absolute Gasteiger partial charge is 0.160 e. The number of nitrogens with zero attached hydrogens (tertiary/aromatic N) is 5. The Morgan fingerprint density at radius 3 is 1.74 bits per heavy atom. The number of para-hydroxylation sites is 2. The first kappa shape index (κ1) is 35.5. The molecule has 5 heteroatoms. The highest BCUT2D eigenvalue weighted by molar-refractivity contribution is 6.15. The van der Waals surface area contributed by atoms with Crippen molar-refractivity contribution in [3.63, 3.8) is 0 Å². The normalized spacial score (nSPS) is 11.5. The van der Waals surface area contributed by atoms with Crippen LogP contribution in [0.25, 0.3) is 111 Å². The molecule has 62 heavy (non-hydrogen) atoms. The summed E-state index contributed by atoms with van der Waals surface area (Å²) in [6, 6.07) is 79.0. The summed E-state index contributed by atoms with van der Waals surface area (Å²) in [4.78, 5) is 10.6. The second kappa shape index (κ2) is 14.7. The lowest BCUT2D eigenvalue weighted by Gasteiger charge is -2.12. The van der Waals surface area contributed by atoms with E-state index in [1.807, 2.05) is 18.2 Å². The van der Waals surface area contributed by atoms with Gasteiger partial charge in [0.25, 0.3) is 0 Å². The molecule has 8 aromatic carbocycles. The van der Waals surface area contributed by atoms with Crippen LogP contribution in [-0.4, -0.2) is 24.1 Å². The zero-order valence-electron chi connectivity index (χ0n) is 33.6. The van der Waals surface area contributed by atoms with Crippen LogP contribution in [0, 0.1) is 0 Å². The van der Waals surface area contributed by atoms with Gasteiger partial charge in [0.2, 0.25) is 0 Å². The minimum atomic E-state index is 0.670. The zero-order valence-corrected chi connectivity index (χ0v) is 33.6. The quantitative estimate of drug-likeness (QED) is 0.162. The van der Waals surface area contributed by atoms with E-state index in [9.17, 15) is 0 Å². The Bertz CT molecular complexity index is 3610. The predicted molar refractivity (Wildman–Crippen MR) is 255 cm³/mol. The Kier molecular flexibility index (Phi) is 8.42. The van der Waals surface area contributed by atoms with Crippen LogP contribution in [-0.2, 0) is 0 Å². The minimum absolute atomic E-state index is 0.670. The van der Waals surface area contributed by atoms with Crippen molar-refractivity contribution in [2.75, 3.05) is 0 Å². The van der Waals surface area contributed by atoms with Crippen molar-refractivity contribution in [3.8, 4) is 73.2 Å². The molecule has 12 rings (SSSR count). The molecule has 0 N–H and O–H groups in total. The maximum Gasteiger partial charge on any atom is 0.160 e. The first-order chi connectivity index (χ1) is 30.8. The van der Waals surface area contributed by atoms with Gasteiger partial charge in [-0.15, -0.1) is 0 Å². The third kappa shape index (κ3) is 5.90. The zero-order chi connectivity index (χ0) is 41.0. The second-order valence-electron chi connectivity index (χ2n) is 15.6. The fourth-order valence-corrected chi connectivity index (χ4v) is 9.15. The molecule has 0 unspecified atom stereocenters. The molecule has 290 valence electrons. The first-order valence-corrected chi connectivity index (χ1v) is 21.0. The third-order valence-corrected chi connectivity index (χ3v) is 11.9. The van der Waals surface area contributed by atoms with Gasteiger partial charge < -0.3 is 4.57 Å².